The topological polar surface area (TPSA) is 52.6 Å². The van der Waals surface area contributed by atoms with Crippen LogP contribution in [-0.2, 0) is 17.6 Å². The molecule has 0 saturated carbocycles. The Labute approximate surface area is 179 Å². The first kappa shape index (κ1) is 20.6. The van der Waals surface area contributed by atoms with Crippen LogP contribution in [0.25, 0.3) is 0 Å². The van der Waals surface area contributed by atoms with E-state index in [9.17, 15) is 9.59 Å². The number of rotatable bonds is 6. The number of nitrogens with one attached hydrogen (secondary N) is 1. The maximum Gasteiger partial charge on any atom is 0.224 e. The highest BCUT2D eigenvalue weighted by Crippen LogP contribution is 2.23. The molecule has 1 aliphatic heterocycles. The Bertz CT molecular complexity index is 899. The van der Waals surface area contributed by atoms with Gasteiger partial charge in [-0.05, 0) is 74.2 Å². The molecule has 0 aromatic heterocycles. The van der Waals surface area contributed by atoms with E-state index in [0.717, 1.165) is 50.3 Å². The van der Waals surface area contributed by atoms with Crippen LogP contribution in [0.4, 0.5) is 11.4 Å². The molecule has 1 fully saturated rings. The highest BCUT2D eigenvalue weighted by atomic mass is 16.2. The number of carbonyl (C=O) groups excluding carboxylic acids is 2. The van der Waals surface area contributed by atoms with Crippen LogP contribution in [0.5, 0.6) is 0 Å². The maximum absolute atomic E-state index is 12.5. The van der Waals surface area contributed by atoms with Gasteiger partial charge in [0.15, 0.2) is 5.78 Å². The van der Waals surface area contributed by atoms with E-state index < -0.39 is 0 Å². The molecular weight excluding hydrogens is 374 g/mol. The van der Waals surface area contributed by atoms with Gasteiger partial charge in [-0.1, -0.05) is 12.1 Å². The van der Waals surface area contributed by atoms with E-state index in [2.05, 4.69) is 40.4 Å². The molecule has 5 nitrogen and oxygen atoms in total. The highest BCUT2D eigenvalue weighted by molar-refractivity contribution is 6.00. The summed E-state index contributed by atoms with van der Waals surface area (Å²) < 4.78 is 0. The maximum atomic E-state index is 12.5. The van der Waals surface area contributed by atoms with E-state index in [1.807, 2.05) is 24.3 Å². The Kier molecular flexibility index (Phi) is 6.48. The second kappa shape index (κ2) is 9.43. The molecule has 2 aliphatic rings. The van der Waals surface area contributed by atoms with E-state index in [0.29, 0.717) is 0 Å². The van der Waals surface area contributed by atoms with Crippen molar-refractivity contribution in [1.82, 2.24) is 4.90 Å². The first-order chi connectivity index (χ1) is 14.6. The largest absolute Gasteiger partial charge is 0.369 e. The fourth-order valence-electron chi connectivity index (χ4n) is 4.32. The third-order valence-corrected chi connectivity index (χ3v) is 6.27. The average molecular weight is 406 g/mol. The number of hydrogen-bond acceptors (Lipinski definition) is 4. The molecule has 1 amide bonds. The quantitative estimate of drug-likeness (QED) is 0.740. The zero-order valence-corrected chi connectivity index (χ0v) is 17.8. The summed E-state index contributed by atoms with van der Waals surface area (Å²) >= 11 is 0. The van der Waals surface area contributed by atoms with Crippen LogP contribution in [0.2, 0.25) is 0 Å². The van der Waals surface area contributed by atoms with Gasteiger partial charge < -0.3 is 15.1 Å². The number of Topliss-reactive ketones (excluding diaryl/α,β-unsaturated/α-hetero) is 1. The summed E-state index contributed by atoms with van der Waals surface area (Å²) in [5, 5.41) is 2.92. The molecule has 1 N–H and O–H groups in total. The molecule has 0 spiro atoms. The molecule has 4 rings (SSSR count). The predicted octanol–water partition coefficient (Wildman–Crippen LogP) is 3.92. The third-order valence-electron chi connectivity index (χ3n) is 6.27. The van der Waals surface area contributed by atoms with Crippen LogP contribution in [0.3, 0.4) is 0 Å². The van der Waals surface area contributed by atoms with Crippen molar-refractivity contribution in [1.29, 1.82) is 0 Å². The van der Waals surface area contributed by atoms with Gasteiger partial charge in [-0.25, -0.2) is 0 Å². The fourth-order valence-corrected chi connectivity index (χ4v) is 4.32. The van der Waals surface area contributed by atoms with Crippen LogP contribution >= 0.6 is 0 Å². The number of ketones is 1. The lowest BCUT2D eigenvalue weighted by molar-refractivity contribution is -0.116. The van der Waals surface area contributed by atoms with E-state index in [1.54, 1.807) is 0 Å². The molecular formula is C25H31N3O2. The minimum absolute atomic E-state index is 0.0453. The van der Waals surface area contributed by atoms with Crippen LogP contribution in [-0.4, -0.2) is 49.8 Å². The molecule has 1 aliphatic carbocycles. The van der Waals surface area contributed by atoms with Crippen molar-refractivity contribution in [3.63, 3.8) is 0 Å². The van der Waals surface area contributed by atoms with Gasteiger partial charge in [0, 0.05) is 56.0 Å². The lowest BCUT2D eigenvalue weighted by atomic mass is 9.89. The molecule has 1 saturated heterocycles. The van der Waals surface area contributed by atoms with Crippen molar-refractivity contribution >= 4 is 23.1 Å². The zero-order valence-electron chi connectivity index (χ0n) is 17.8. The molecule has 30 heavy (non-hydrogen) atoms. The minimum atomic E-state index is -0.117. The molecule has 158 valence electrons. The lowest BCUT2D eigenvalue weighted by Crippen LogP contribution is -2.44. The van der Waals surface area contributed by atoms with Gasteiger partial charge in [0.2, 0.25) is 5.91 Å². The summed E-state index contributed by atoms with van der Waals surface area (Å²) in [7, 11) is 2.15. The first-order valence-electron chi connectivity index (χ1n) is 11.1. The molecule has 5 heteroatoms. The first-order valence-corrected chi connectivity index (χ1v) is 11.1. The number of aryl methyl sites for hydroxylation is 2. The third kappa shape index (κ3) is 5.08. The predicted molar refractivity (Wildman–Crippen MR) is 121 cm³/mol. The second-order valence-corrected chi connectivity index (χ2v) is 8.50. The average Bonchev–Trinajstić information content (AvgIpc) is 2.78. The summed E-state index contributed by atoms with van der Waals surface area (Å²) in [5.41, 5.74) is 5.37. The lowest BCUT2D eigenvalue weighted by Gasteiger charge is -2.34. The molecule has 1 heterocycles. The summed E-state index contributed by atoms with van der Waals surface area (Å²) in [6, 6.07) is 14.0. The van der Waals surface area contributed by atoms with Crippen LogP contribution in [0, 0.1) is 0 Å². The van der Waals surface area contributed by atoms with Crippen molar-refractivity contribution in [2.45, 2.75) is 38.5 Å². The number of anilines is 2. The van der Waals surface area contributed by atoms with Crippen molar-refractivity contribution in [2.24, 2.45) is 0 Å². The SMILES string of the molecule is CN1CCN(c2ccc(NC(=O)CCC(=O)c3ccc4c(c3)CCCC4)cc2)CC1. The Morgan fingerprint density at radius 1 is 0.867 bits per heavy atom. The number of amides is 1. The van der Waals surface area contributed by atoms with Crippen LogP contribution in [0.1, 0.15) is 47.2 Å². The number of carbonyl (C=O) groups is 2. The second-order valence-electron chi connectivity index (χ2n) is 8.50. The number of piperazine rings is 1. The smallest absolute Gasteiger partial charge is 0.224 e. The monoisotopic (exact) mass is 405 g/mol. The van der Waals surface area contributed by atoms with Gasteiger partial charge >= 0.3 is 0 Å². The Morgan fingerprint density at radius 3 is 2.30 bits per heavy atom. The molecule has 0 radical (unpaired) electrons. The molecule has 2 aromatic rings. The van der Waals surface area contributed by atoms with Crippen molar-refractivity contribution in [3.8, 4) is 0 Å². The summed E-state index contributed by atoms with van der Waals surface area (Å²) in [6.45, 7) is 4.17. The fraction of sp³-hybridized carbons (Fsp3) is 0.440. The number of benzene rings is 2. The van der Waals surface area contributed by atoms with Crippen molar-refractivity contribution in [2.75, 3.05) is 43.4 Å². The summed E-state index contributed by atoms with van der Waals surface area (Å²) in [4.78, 5) is 29.6. The summed E-state index contributed by atoms with van der Waals surface area (Å²) in [5.74, 6) is -0.0717. The van der Waals surface area contributed by atoms with Gasteiger partial charge in [-0.2, -0.15) is 0 Å². The Balaban J connectivity index is 1.27. The number of hydrogen-bond donors (Lipinski definition) is 1. The molecule has 0 bridgehead atoms. The van der Waals surface area contributed by atoms with Gasteiger partial charge in [0.25, 0.3) is 0 Å². The number of nitrogens with zero attached hydrogens (tertiary/aromatic N) is 2. The highest BCUT2D eigenvalue weighted by Gasteiger charge is 2.16. The van der Waals surface area contributed by atoms with Crippen molar-refractivity contribution in [3.05, 3.63) is 59.2 Å². The number of fused-ring (bicyclic) bond motifs is 1. The van der Waals surface area contributed by atoms with Crippen LogP contribution in [0.15, 0.2) is 42.5 Å². The summed E-state index contributed by atoms with van der Waals surface area (Å²) in [6.07, 6.45) is 5.04. The van der Waals surface area contributed by atoms with E-state index in [1.165, 1.54) is 29.7 Å². The van der Waals surface area contributed by atoms with E-state index in [4.69, 9.17) is 0 Å². The number of likely N-dealkylation sites (N-methyl/N-ethyl adjacent to an activating group) is 1. The normalized spacial score (nSPS) is 16.8. The Hall–Kier alpha value is -2.66. The van der Waals surface area contributed by atoms with Crippen LogP contribution < -0.4 is 10.2 Å². The Morgan fingerprint density at radius 2 is 1.57 bits per heavy atom. The van der Waals surface area contributed by atoms with Crippen molar-refractivity contribution < 1.29 is 9.59 Å². The zero-order chi connectivity index (χ0) is 20.9. The van der Waals surface area contributed by atoms with Gasteiger partial charge in [-0.3, -0.25) is 9.59 Å². The minimum Gasteiger partial charge on any atom is -0.369 e. The van der Waals surface area contributed by atoms with Gasteiger partial charge in [0.05, 0.1) is 0 Å². The molecule has 2 aromatic carbocycles. The van der Waals surface area contributed by atoms with E-state index in [-0.39, 0.29) is 24.5 Å². The van der Waals surface area contributed by atoms with Gasteiger partial charge in [-0.15, -0.1) is 0 Å². The molecule has 0 atom stereocenters. The van der Waals surface area contributed by atoms with Gasteiger partial charge in [0.1, 0.15) is 0 Å². The molecule has 0 unspecified atom stereocenters. The standard InChI is InChI=1S/C25H31N3O2/c1-27-14-16-28(17-15-27)23-10-8-22(9-11-23)26-25(30)13-12-24(29)21-7-6-19-4-2-3-5-20(19)18-21/h6-11,18H,2-5,12-17H2,1H3,(H,26,30). The van der Waals surface area contributed by atoms with E-state index >= 15 is 0 Å².